The largest absolute Gasteiger partial charge is 0.0807 e. The van der Waals surface area contributed by atoms with Crippen LogP contribution in [0.1, 0.15) is 51.4 Å². The van der Waals surface area contributed by atoms with Gasteiger partial charge in [0.2, 0.25) is 0 Å². The maximum Gasteiger partial charge on any atom is -0.0156 e. The molecule has 4 aliphatic rings. The first-order valence-electron chi connectivity index (χ1n) is 6.84. The van der Waals surface area contributed by atoms with Crippen LogP contribution in [0.4, 0.5) is 0 Å². The lowest BCUT2D eigenvalue weighted by Gasteiger charge is -2.17. The van der Waals surface area contributed by atoms with Crippen molar-refractivity contribution < 1.29 is 0 Å². The number of fused-ring (bicyclic) bond motifs is 3. The maximum atomic E-state index is 2.56. The second-order valence-electron chi connectivity index (χ2n) is 6.06. The first kappa shape index (κ1) is 8.61. The summed E-state index contributed by atoms with van der Waals surface area (Å²) in [6, 6.07) is 0. The van der Waals surface area contributed by atoms with Crippen LogP contribution in [0.2, 0.25) is 0 Å². The molecule has 3 fully saturated rings. The highest BCUT2D eigenvalue weighted by Crippen LogP contribution is 2.54. The predicted molar refractivity (Wildman–Crippen MR) is 62.5 cm³/mol. The predicted octanol–water partition coefficient (Wildman–Crippen LogP) is 4.23. The molecule has 80 valence electrons. The fourth-order valence-electron chi connectivity index (χ4n) is 4.66. The van der Waals surface area contributed by atoms with E-state index in [0.717, 1.165) is 17.8 Å². The van der Waals surface area contributed by atoms with Crippen molar-refractivity contribution in [3.05, 3.63) is 22.8 Å². The Kier molecular flexibility index (Phi) is 1.72. The van der Waals surface area contributed by atoms with Crippen LogP contribution < -0.4 is 0 Å². The molecule has 0 aromatic rings. The van der Waals surface area contributed by atoms with Crippen molar-refractivity contribution in [2.45, 2.75) is 51.4 Å². The molecule has 3 saturated carbocycles. The summed E-state index contributed by atoms with van der Waals surface area (Å²) < 4.78 is 0. The third kappa shape index (κ3) is 1.14. The van der Waals surface area contributed by atoms with E-state index >= 15 is 0 Å². The lowest BCUT2D eigenvalue weighted by atomic mass is 9.88. The third-order valence-corrected chi connectivity index (χ3v) is 5.34. The first-order valence-corrected chi connectivity index (χ1v) is 6.84. The van der Waals surface area contributed by atoms with Gasteiger partial charge in [-0.2, -0.15) is 0 Å². The molecule has 0 N–H and O–H groups in total. The van der Waals surface area contributed by atoms with E-state index in [1.807, 2.05) is 11.1 Å². The third-order valence-electron chi connectivity index (χ3n) is 5.34. The Labute approximate surface area is 92.4 Å². The second-order valence-corrected chi connectivity index (χ2v) is 6.06. The maximum absolute atomic E-state index is 2.56. The van der Waals surface area contributed by atoms with E-state index < -0.39 is 0 Å². The van der Waals surface area contributed by atoms with E-state index in [2.05, 4.69) is 6.08 Å². The van der Waals surface area contributed by atoms with Gasteiger partial charge < -0.3 is 0 Å². The van der Waals surface area contributed by atoms with Crippen LogP contribution in [0.25, 0.3) is 0 Å². The number of hydrogen-bond donors (Lipinski definition) is 0. The van der Waals surface area contributed by atoms with Crippen molar-refractivity contribution in [1.29, 1.82) is 0 Å². The molecule has 0 spiro atoms. The van der Waals surface area contributed by atoms with Gasteiger partial charge >= 0.3 is 0 Å². The molecular weight excluding hydrogens is 180 g/mol. The Morgan fingerprint density at radius 3 is 2.80 bits per heavy atom. The van der Waals surface area contributed by atoms with Gasteiger partial charge in [-0.05, 0) is 80.3 Å². The molecule has 0 radical (unpaired) electrons. The van der Waals surface area contributed by atoms with E-state index in [1.54, 1.807) is 5.57 Å². The van der Waals surface area contributed by atoms with Gasteiger partial charge in [0.1, 0.15) is 0 Å². The molecule has 0 aromatic carbocycles. The Bertz CT molecular complexity index is 358. The van der Waals surface area contributed by atoms with Gasteiger partial charge in [-0.25, -0.2) is 0 Å². The molecule has 4 aliphatic carbocycles. The van der Waals surface area contributed by atoms with Gasteiger partial charge in [-0.15, -0.1) is 0 Å². The zero-order valence-corrected chi connectivity index (χ0v) is 9.47. The van der Waals surface area contributed by atoms with E-state index in [4.69, 9.17) is 0 Å². The van der Waals surface area contributed by atoms with Crippen LogP contribution in [0, 0.1) is 17.8 Å². The van der Waals surface area contributed by atoms with Gasteiger partial charge in [-0.3, -0.25) is 0 Å². The van der Waals surface area contributed by atoms with E-state index in [9.17, 15) is 0 Å². The number of rotatable bonds is 0. The number of hydrogen-bond acceptors (Lipinski definition) is 0. The molecule has 0 heterocycles. The Hall–Kier alpha value is -0.520. The minimum absolute atomic E-state index is 0.978. The molecule has 4 rings (SSSR count). The zero-order valence-electron chi connectivity index (χ0n) is 9.47. The summed E-state index contributed by atoms with van der Waals surface area (Å²) in [6.45, 7) is 0. The van der Waals surface area contributed by atoms with Gasteiger partial charge in [-0.1, -0.05) is 11.6 Å². The Morgan fingerprint density at radius 1 is 1.00 bits per heavy atom. The molecular formula is C15H20. The van der Waals surface area contributed by atoms with Crippen molar-refractivity contribution in [3.63, 3.8) is 0 Å². The van der Waals surface area contributed by atoms with Crippen LogP contribution in [0.5, 0.6) is 0 Å². The summed E-state index contributed by atoms with van der Waals surface area (Å²) in [5, 5.41) is 0. The molecule has 0 heteroatoms. The Morgan fingerprint density at radius 2 is 2.00 bits per heavy atom. The van der Waals surface area contributed by atoms with Crippen LogP contribution in [-0.4, -0.2) is 0 Å². The zero-order chi connectivity index (χ0) is 9.83. The highest BCUT2D eigenvalue weighted by molar-refractivity contribution is 5.45. The SMILES string of the molecule is C1=C2C(=C3CC4CCC3C4)CCC2CC1. The molecule has 0 saturated heterocycles. The lowest BCUT2D eigenvalue weighted by Crippen LogP contribution is -2.02. The minimum Gasteiger partial charge on any atom is -0.0807 e. The molecule has 0 aliphatic heterocycles. The van der Waals surface area contributed by atoms with Crippen molar-refractivity contribution in [2.24, 2.45) is 17.8 Å². The fraction of sp³-hybridized carbons (Fsp3) is 0.733. The van der Waals surface area contributed by atoms with Crippen molar-refractivity contribution in [3.8, 4) is 0 Å². The summed E-state index contributed by atoms with van der Waals surface area (Å²) >= 11 is 0. The van der Waals surface area contributed by atoms with Crippen molar-refractivity contribution >= 4 is 0 Å². The average molecular weight is 200 g/mol. The standard InChI is InChI=1S/C15H20/c1-2-11-6-7-14(13(11)3-1)15-9-10-4-5-12(15)8-10/h3,10-12H,1-2,4-9H2. The topological polar surface area (TPSA) is 0 Å². The molecule has 2 bridgehead atoms. The lowest BCUT2D eigenvalue weighted by molar-refractivity contribution is 0.557. The molecule has 0 aromatic heterocycles. The van der Waals surface area contributed by atoms with Crippen LogP contribution >= 0.6 is 0 Å². The molecule has 0 amide bonds. The van der Waals surface area contributed by atoms with Crippen LogP contribution in [-0.2, 0) is 0 Å². The van der Waals surface area contributed by atoms with Crippen molar-refractivity contribution in [1.82, 2.24) is 0 Å². The van der Waals surface area contributed by atoms with Gasteiger partial charge in [0, 0.05) is 0 Å². The normalized spacial score (nSPS) is 47.5. The van der Waals surface area contributed by atoms with E-state index in [0.29, 0.717) is 0 Å². The van der Waals surface area contributed by atoms with Gasteiger partial charge in [0.25, 0.3) is 0 Å². The molecule has 3 unspecified atom stereocenters. The minimum atomic E-state index is 0.978. The summed E-state index contributed by atoms with van der Waals surface area (Å²) in [5.74, 6) is 3.08. The highest BCUT2D eigenvalue weighted by atomic mass is 14.4. The summed E-state index contributed by atoms with van der Waals surface area (Å²) in [5.41, 5.74) is 5.57. The highest BCUT2D eigenvalue weighted by Gasteiger charge is 2.39. The van der Waals surface area contributed by atoms with Crippen LogP contribution in [0.3, 0.4) is 0 Å². The van der Waals surface area contributed by atoms with Crippen molar-refractivity contribution in [2.75, 3.05) is 0 Å². The summed E-state index contributed by atoms with van der Waals surface area (Å²) in [4.78, 5) is 0. The molecule has 15 heavy (non-hydrogen) atoms. The first-order chi connectivity index (χ1) is 7.42. The monoisotopic (exact) mass is 200 g/mol. The van der Waals surface area contributed by atoms with E-state index in [1.165, 1.54) is 51.4 Å². The quantitative estimate of drug-likeness (QED) is 0.549. The smallest absolute Gasteiger partial charge is 0.0156 e. The molecule has 0 nitrogen and oxygen atoms in total. The summed E-state index contributed by atoms with van der Waals surface area (Å²) in [7, 11) is 0. The average Bonchev–Trinajstić information content (AvgIpc) is 2.97. The second kappa shape index (κ2) is 2.99. The Balaban J connectivity index is 1.75. The fourth-order valence-corrected chi connectivity index (χ4v) is 4.66. The molecule has 3 atom stereocenters. The van der Waals surface area contributed by atoms with Gasteiger partial charge in [0.05, 0.1) is 0 Å². The summed E-state index contributed by atoms with van der Waals surface area (Å²) in [6.07, 6.45) is 14.3. The van der Waals surface area contributed by atoms with Gasteiger partial charge in [0.15, 0.2) is 0 Å². The van der Waals surface area contributed by atoms with E-state index in [-0.39, 0.29) is 0 Å². The number of allylic oxidation sites excluding steroid dienone is 4. The van der Waals surface area contributed by atoms with Crippen LogP contribution in [0.15, 0.2) is 22.8 Å².